The van der Waals surface area contributed by atoms with Crippen LogP contribution >= 0.6 is 22.7 Å². The Hall–Kier alpha value is -6.58. The summed E-state index contributed by atoms with van der Waals surface area (Å²) in [7, 11) is 0. The van der Waals surface area contributed by atoms with Crippen LogP contribution in [0.3, 0.4) is 0 Å². The monoisotopic (exact) mass is 754 g/mol. The van der Waals surface area contributed by atoms with Gasteiger partial charge in [0, 0.05) is 53.8 Å². The number of carbonyl (C=O) groups excluding carboxylic acids is 2. The van der Waals surface area contributed by atoms with Gasteiger partial charge in [0.05, 0.1) is 10.4 Å². The molecule has 0 aliphatic heterocycles. The summed E-state index contributed by atoms with van der Waals surface area (Å²) in [6, 6.07) is 11.8. The minimum absolute atomic E-state index is 0.0882. The molecule has 4 aromatic rings. The molecule has 0 bridgehead atoms. The molecule has 8 nitrogen and oxygen atoms in total. The van der Waals surface area contributed by atoms with E-state index in [2.05, 4.69) is 4.99 Å². The Bertz CT molecular complexity index is 2930. The van der Waals surface area contributed by atoms with Crippen LogP contribution in [0.1, 0.15) is 70.0 Å². The number of halogens is 4. The molecule has 2 aromatic heterocycles. The summed E-state index contributed by atoms with van der Waals surface area (Å²) in [5.41, 5.74) is -0.618. The number of allylic oxidation sites excluding steroid dienone is 7. The van der Waals surface area contributed by atoms with Gasteiger partial charge in [-0.25, -0.2) is 27.5 Å². The van der Waals surface area contributed by atoms with Gasteiger partial charge in [-0.3, -0.25) is 9.59 Å². The topological polar surface area (TPSA) is 154 Å². The van der Waals surface area contributed by atoms with Gasteiger partial charge in [-0.05, 0) is 53.1 Å². The standard InChI is InChI=1S/C40H18F4N6O2S2/c1-39(2)21-9-27(49-33-29(15(11-45)12-46)17-5-22(41)24(43)7-19(17)35(33)51)40(3,4)31(21)38-32(39)37-26(53-38)10-28(54-37)50-34-30(16(13-47)14-48)18-6-23(42)25(44)8-20(18)36(34)52/h5-10H,1-4H3. The molecule has 0 atom stereocenters. The molecule has 0 fully saturated rings. The van der Waals surface area contributed by atoms with Gasteiger partial charge in [0.15, 0.2) is 23.3 Å². The highest BCUT2D eigenvalue weighted by Gasteiger charge is 2.50. The first-order valence-electron chi connectivity index (χ1n) is 16.0. The van der Waals surface area contributed by atoms with Crippen molar-refractivity contribution in [3.63, 3.8) is 0 Å². The number of aliphatic imine (C=N–C) groups is 2. The van der Waals surface area contributed by atoms with Gasteiger partial charge >= 0.3 is 0 Å². The molecule has 0 amide bonds. The van der Waals surface area contributed by atoms with Crippen LogP contribution in [0.5, 0.6) is 0 Å². The molecule has 0 spiro atoms. The Kier molecular flexibility index (Phi) is 7.32. The SMILES string of the molecule is CC1(C)C(N=C2C(=O)c3cc(F)c(F)cc3C2=C(C#N)C#N)=CC2=C1c1sc3cc(N=C4C(=O)c5cc(F)c(F)cc5C4=C(C#N)C#N)sc3c1C2(C)C. The second-order valence-corrected chi connectivity index (χ2v) is 15.9. The summed E-state index contributed by atoms with van der Waals surface area (Å²) in [5, 5.41) is 39.1. The molecule has 2 aromatic carbocycles. The predicted molar refractivity (Wildman–Crippen MR) is 194 cm³/mol. The molecule has 14 heteroatoms. The lowest BCUT2D eigenvalue weighted by atomic mass is 9.82. The number of nitrogens with zero attached hydrogens (tertiary/aromatic N) is 6. The Morgan fingerprint density at radius 3 is 1.59 bits per heavy atom. The quantitative estimate of drug-likeness (QED) is 0.147. The number of Topliss-reactive ketones (excluding diaryl/α,β-unsaturated/α-hetero) is 2. The average Bonchev–Trinajstić information content (AvgIpc) is 3.90. The van der Waals surface area contributed by atoms with Crippen LogP contribution in [0.4, 0.5) is 22.6 Å². The number of nitriles is 4. The highest BCUT2D eigenvalue weighted by molar-refractivity contribution is 7.30. The highest BCUT2D eigenvalue weighted by Crippen LogP contribution is 2.64. The van der Waals surface area contributed by atoms with Crippen LogP contribution in [-0.4, -0.2) is 23.0 Å². The van der Waals surface area contributed by atoms with E-state index in [4.69, 9.17) is 4.99 Å². The van der Waals surface area contributed by atoms with Gasteiger partial charge in [-0.2, -0.15) is 21.0 Å². The third-order valence-electron chi connectivity index (χ3n) is 10.1. The fraction of sp³-hybridized carbons (Fsp3) is 0.150. The smallest absolute Gasteiger partial charge is 0.212 e. The Labute approximate surface area is 311 Å². The van der Waals surface area contributed by atoms with Crippen LogP contribution < -0.4 is 0 Å². The van der Waals surface area contributed by atoms with Gasteiger partial charge in [0.1, 0.15) is 51.8 Å². The van der Waals surface area contributed by atoms with Crippen molar-refractivity contribution < 1.29 is 27.2 Å². The van der Waals surface area contributed by atoms with Crippen LogP contribution in [0.25, 0.3) is 26.1 Å². The number of benzene rings is 2. The van der Waals surface area contributed by atoms with E-state index in [0.29, 0.717) is 10.7 Å². The zero-order chi connectivity index (χ0) is 38.8. The first-order chi connectivity index (χ1) is 25.6. The molecule has 4 aliphatic rings. The van der Waals surface area contributed by atoms with Gasteiger partial charge in [-0.1, -0.05) is 27.7 Å². The van der Waals surface area contributed by atoms with Crippen LogP contribution in [0.2, 0.25) is 0 Å². The number of rotatable bonds is 2. The van der Waals surface area contributed by atoms with Crippen molar-refractivity contribution in [1.29, 1.82) is 21.0 Å². The Morgan fingerprint density at radius 1 is 0.648 bits per heavy atom. The number of carbonyl (C=O) groups is 2. The molecule has 2 heterocycles. The number of hydrogen-bond donors (Lipinski definition) is 0. The molecule has 0 saturated carbocycles. The summed E-state index contributed by atoms with van der Waals surface area (Å²) in [6.07, 6.45) is 1.85. The van der Waals surface area contributed by atoms with Gasteiger partial charge in [-0.15, -0.1) is 22.7 Å². The van der Waals surface area contributed by atoms with E-state index >= 15 is 0 Å². The minimum atomic E-state index is -1.25. The lowest BCUT2D eigenvalue weighted by Gasteiger charge is -2.24. The van der Waals surface area contributed by atoms with E-state index in [0.717, 1.165) is 55.3 Å². The van der Waals surface area contributed by atoms with Crippen molar-refractivity contribution in [2.45, 2.75) is 33.1 Å². The van der Waals surface area contributed by atoms with Crippen molar-refractivity contribution in [1.82, 2.24) is 0 Å². The second-order valence-electron chi connectivity index (χ2n) is 13.8. The first-order valence-corrected chi connectivity index (χ1v) is 17.6. The van der Waals surface area contributed by atoms with Gasteiger partial charge < -0.3 is 0 Å². The summed E-state index contributed by atoms with van der Waals surface area (Å²) in [6.45, 7) is 7.85. The number of thiophene rings is 2. The number of fused-ring (bicyclic) bond motifs is 6. The molecule has 4 aliphatic carbocycles. The Balaban J connectivity index is 1.22. The summed E-state index contributed by atoms with van der Waals surface area (Å²) < 4.78 is 58.7. The lowest BCUT2D eigenvalue weighted by Crippen LogP contribution is -2.17. The maximum Gasteiger partial charge on any atom is 0.212 e. The van der Waals surface area contributed by atoms with Gasteiger partial charge in [0.25, 0.3) is 0 Å². The second kappa shape index (κ2) is 11.5. The summed E-state index contributed by atoms with van der Waals surface area (Å²) >= 11 is 2.73. The van der Waals surface area contributed by atoms with Crippen molar-refractivity contribution >= 4 is 76.8 Å². The largest absolute Gasteiger partial charge is 0.287 e. The fourth-order valence-corrected chi connectivity index (χ4v) is 10.6. The number of ketones is 2. The molecule has 0 saturated heterocycles. The van der Waals surface area contributed by atoms with E-state index in [1.807, 2.05) is 33.8 Å². The third-order valence-corrected chi connectivity index (χ3v) is 12.5. The maximum absolute atomic E-state index is 14.3. The molecule has 0 N–H and O–H groups in total. The molecule has 8 rings (SSSR count). The normalized spacial score (nSPS) is 18.7. The van der Waals surface area contributed by atoms with E-state index in [9.17, 15) is 48.2 Å². The molecular weight excluding hydrogens is 737 g/mol. The summed E-state index contributed by atoms with van der Waals surface area (Å²) in [4.78, 5) is 37.3. The zero-order valence-corrected chi connectivity index (χ0v) is 29.9. The van der Waals surface area contributed by atoms with E-state index in [1.165, 1.54) is 22.7 Å². The average molecular weight is 755 g/mol. The van der Waals surface area contributed by atoms with E-state index in [1.54, 1.807) is 30.3 Å². The van der Waals surface area contributed by atoms with Crippen LogP contribution in [0, 0.1) is 74.0 Å². The van der Waals surface area contributed by atoms with Crippen molar-refractivity contribution in [2.24, 2.45) is 15.4 Å². The van der Waals surface area contributed by atoms with Crippen LogP contribution in [0.15, 0.2) is 68.8 Å². The van der Waals surface area contributed by atoms with Crippen molar-refractivity contribution in [3.8, 4) is 24.3 Å². The van der Waals surface area contributed by atoms with Gasteiger partial charge in [0.2, 0.25) is 11.6 Å². The third kappa shape index (κ3) is 4.48. The van der Waals surface area contributed by atoms with Crippen LogP contribution in [-0.2, 0) is 5.41 Å². The fourth-order valence-electron chi connectivity index (χ4n) is 7.58. The molecule has 0 radical (unpaired) electrons. The molecule has 0 unspecified atom stereocenters. The lowest BCUT2D eigenvalue weighted by molar-refractivity contribution is 0.106. The number of hydrogen-bond acceptors (Lipinski definition) is 10. The Morgan fingerprint density at radius 2 is 1.11 bits per heavy atom. The highest BCUT2D eigenvalue weighted by atomic mass is 32.1. The van der Waals surface area contributed by atoms with E-state index in [-0.39, 0.29) is 44.8 Å². The molecular formula is C40H18F4N6O2S2. The minimum Gasteiger partial charge on any atom is -0.287 e. The molecule has 54 heavy (non-hydrogen) atoms. The van der Waals surface area contributed by atoms with E-state index < -0.39 is 56.8 Å². The summed E-state index contributed by atoms with van der Waals surface area (Å²) in [5.74, 6) is -6.48. The van der Waals surface area contributed by atoms with Crippen molar-refractivity contribution in [3.05, 3.63) is 115 Å². The predicted octanol–water partition coefficient (Wildman–Crippen LogP) is 9.40. The maximum atomic E-state index is 14.3. The first kappa shape index (κ1) is 34.5. The van der Waals surface area contributed by atoms with Crippen molar-refractivity contribution in [2.75, 3.05) is 0 Å². The molecule has 260 valence electrons. The zero-order valence-electron chi connectivity index (χ0n) is 28.3.